The Bertz CT molecular complexity index is 556. The highest BCUT2D eigenvalue weighted by Crippen LogP contribution is 2.41. The van der Waals surface area contributed by atoms with E-state index in [0.29, 0.717) is 0 Å². The fourth-order valence-electron chi connectivity index (χ4n) is 2.79. The summed E-state index contributed by atoms with van der Waals surface area (Å²) >= 11 is 0. The standard InChI is InChI=1S/C15H17NO5/c1-16-12(9-7-5-4-6-8-9)10(14(18)20-2)11(13(16)17)15(19)21-3/h4-8,10-12H,1-3H3. The van der Waals surface area contributed by atoms with Gasteiger partial charge in [0.15, 0.2) is 5.92 Å². The Morgan fingerprint density at radius 2 is 1.62 bits per heavy atom. The predicted octanol–water partition coefficient (Wildman–Crippen LogP) is 0.778. The van der Waals surface area contributed by atoms with Crippen LogP contribution in [0, 0.1) is 11.8 Å². The molecule has 0 bridgehead atoms. The third kappa shape index (κ3) is 2.49. The fourth-order valence-corrected chi connectivity index (χ4v) is 2.79. The van der Waals surface area contributed by atoms with Crippen molar-refractivity contribution in [2.45, 2.75) is 6.04 Å². The van der Waals surface area contributed by atoms with Crippen molar-refractivity contribution in [2.24, 2.45) is 11.8 Å². The number of amides is 1. The van der Waals surface area contributed by atoms with Crippen LogP contribution in [0.1, 0.15) is 11.6 Å². The molecule has 21 heavy (non-hydrogen) atoms. The molecule has 1 aliphatic rings. The molecular formula is C15H17NO5. The van der Waals surface area contributed by atoms with Gasteiger partial charge in [0.2, 0.25) is 5.91 Å². The van der Waals surface area contributed by atoms with Crippen molar-refractivity contribution in [3.63, 3.8) is 0 Å². The number of methoxy groups -OCH3 is 2. The number of nitrogens with zero attached hydrogens (tertiary/aromatic N) is 1. The molecule has 0 N–H and O–H groups in total. The van der Waals surface area contributed by atoms with Gasteiger partial charge in [0, 0.05) is 7.05 Å². The molecule has 2 rings (SSSR count). The van der Waals surface area contributed by atoms with Crippen molar-refractivity contribution >= 4 is 17.8 Å². The Morgan fingerprint density at radius 3 is 2.14 bits per heavy atom. The van der Waals surface area contributed by atoms with E-state index in [1.54, 1.807) is 7.05 Å². The van der Waals surface area contributed by atoms with Gasteiger partial charge in [0.25, 0.3) is 0 Å². The van der Waals surface area contributed by atoms with Crippen LogP contribution in [-0.4, -0.2) is 44.0 Å². The van der Waals surface area contributed by atoms with Crippen LogP contribution in [0.5, 0.6) is 0 Å². The summed E-state index contributed by atoms with van der Waals surface area (Å²) in [6.45, 7) is 0. The van der Waals surface area contributed by atoms with E-state index in [4.69, 9.17) is 4.74 Å². The van der Waals surface area contributed by atoms with E-state index < -0.39 is 35.7 Å². The maximum absolute atomic E-state index is 12.3. The van der Waals surface area contributed by atoms with E-state index in [0.717, 1.165) is 5.56 Å². The second-order valence-corrected chi connectivity index (χ2v) is 4.85. The molecule has 0 aromatic heterocycles. The lowest BCUT2D eigenvalue weighted by Gasteiger charge is -2.24. The van der Waals surface area contributed by atoms with Crippen LogP contribution in [0.3, 0.4) is 0 Å². The monoisotopic (exact) mass is 291 g/mol. The van der Waals surface area contributed by atoms with Crippen LogP contribution in [0.25, 0.3) is 0 Å². The maximum Gasteiger partial charge on any atom is 0.319 e. The van der Waals surface area contributed by atoms with Gasteiger partial charge in [-0.25, -0.2) is 0 Å². The lowest BCUT2D eigenvalue weighted by atomic mass is 9.86. The van der Waals surface area contributed by atoms with Crippen LogP contribution < -0.4 is 0 Å². The number of likely N-dealkylation sites (tertiary alicyclic amines) is 1. The SMILES string of the molecule is COC(=O)C1C(=O)N(C)C(c2ccccc2)C1C(=O)OC. The second kappa shape index (κ2) is 5.95. The van der Waals surface area contributed by atoms with Gasteiger partial charge in [-0.05, 0) is 5.56 Å². The predicted molar refractivity (Wildman–Crippen MR) is 73.0 cm³/mol. The van der Waals surface area contributed by atoms with Crippen LogP contribution in [0.15, 0.2) is 30.3 Å². The van der Waals surface area contributed by atoms with Crippen molar-refractivity contribution in [3.8, 4) is 0 Å². The molecule has 6 heteroatoms. The molecule has 6 nitrogen and oxygen atoms in total. The average molecular weight is 291 g/mol. The van der Waals surface area contributed by atoms with Crippen LogP contribution in [-0.2, 0) is 23.9 Å². The lowest BCUT2D eigenvalue weighted by Crippen LogP contribution is -2.33. The smallest absolute Gasteiger partial charge is 0.319 e. The molecule has 112 valence electrons. The summed E-state index contributed by atoms with van der Waals surface area (Å²) < 4.78 is 9.45. The zero-order valence-corrected chi connectivity index (χ0v) is 12.1. The van der Waals surface area contributed by atoms with Gasteiger partial charge in [-0.2, -0.15) is 0 Å². The molecule has 3 atom stereocenters. The molecule has 3 unspecified atom stereocenters. The maximum atomic E-state index is 12.3. The molecular weight excluding hydrogens is 274 g/mol. The minimum Gasteiger partial charge on any atom is -0.469 e. The van der Waals surface area contributed by atoms with E-state index in [2.05, 4.69) is 4.74 Å². The number of hydrogen-bond acceptors (Lipinski definition) is 5. The minimum absolute atomic E-state index is 0.439. The first kappa shape index (κ1) is 15.0. The second-order valence-electron chi connectivity index (χ2n) is 4.85. The molecule has 0 saturated carbocycles. The van der Waals surface area contributed by atoms with Crippen molar-refractivity contribution in [1.82, 2.24) is 4.90 Å². The Kier molecular flexibility index (Phi) is 4.26. The van der Waals surface area contributed by atoms with Crippen molar-refractivity contribution < 1.29 is 23.9 Å². The van der Waals surface area contributed by atoms with Crippen molar-refractivity contribution in [1.29, 1.82) is 0 Å². The van der Waals surface area contributed by atoms with Gasteiger partial charge in [-0.15, -0.1) is 0 Å². The molecule has 0 aliphatic carbocycles. The summed E-state index contributed by atoms with van der Waals surface area (Å²) in [7, 11) is 4.00. The average Bonchev–Trinajstić information content (AvgIpc) is 2.78. The number of carbonyl (C=O) groups is 3. The van der Waals surface area contributed by atoms with Gasteiger partial charge < -0.3 is 14.4 Å². The Hall–Kier alpha value is -2.37. The van der Waals surface area contributed by atoms with Gasteiger partial charge in [0.1, 0.15) is 5.92 Å². The number of ether oxygens (including phenoxy) is 2. The van der Waals surface area contributed by atoms with Gasteiger partial charge in [-0.1, -0.05) is 30.3 Å². The highest BCUT2D eigenvalue weighted by molar-refractivity contribution is 6.04. The largest absolute Gasteiger partial charge is 0.469 e. The van der Waals surface area contributed by atoms with Gasteiger partial charge >= 0.3 is 11.9 Å². The molecule has 1 aromatic rings. The normalized spacial score (nSPS) is 24.8. The molecule has 1 aliphatic heterocycles. The number of carbonyl (C=O) groups excluding carboxylic acids is 3. The summed E-state index contributed by atoms with van der Waals surface area (Å²) in [6, 6.07) is 8.54. The summed E-state index contributed by atoms with van der Waals surface area (Å²) in [6.07, 6.45) is 0. The van der Waals surface area contributed by atoms with E-state index in [1.165, 1.54) is 19.1 Å². The molecule has 1 saturated heterocycles. The third-order valence-electron chi connectivity index (χ3n) is 3.80. The van der Waals surface area contributed by atoms with E-state index in [9.17, 15) is 14.4 Å². The molecule has 0 spiro atoms. The minimum atomic E-state index is -1.17. The lowest BCUT2D eigenvalue weighted by molar-refractivity contribution is -0.158. The number of benzene rings is 1. The third-order valence-corrected chi connectivity index (χ3v) is 3.80. The highest BCUT2D eigenvalue weighted by Gasteiger charge is 2.55. The first-order valence-electron chi connectivity index (χ1n) is 6.50. The van der Waals surface area contributed by atoms with Crippen LogP contribution >= 0.6 is 0 Å². The summed E-state index contributed by atoms with van der Waals surface area (Å²) in [5.74, 6) is -3.84. The van der Waals surface area contributed by atoms with Crippen LogP contribution in [0.4, 0.5) is 0 Å². The Morgan fingerprint density at radius 1 is 1.05 bits per heavy atom. The first-order chi connectivity index (χ1) is 10.0. The van der Waals surface area contributed by atoms with Crippen molar-refractivity contribution in [3.05, 3.63) is 35.9 Å². The molecule has 0 radical (unpaired) electrons. The number of esters is 2. The molecule has 1 aromatic carbocycles. The van der Waals surface area contributed by atoms with E-state index >= 15 is 0 Å². The number of hydrogen-bond donors (Lipinski definition) is 0. The zero-order chi connectivity index (χ0) is 15.6. The van der Waals surface area contributed by atoms with Gasteiger partial charge in [-0.3, -0.25) is 14.4 Å². The quantitative estimate of drug-likeness (QED) is 0.608. The van der Waals surface area contributed by atoms with Crippen LogP contribution in [0.2, 0.25) is 0 Å². The first-order valence-corrected chi connectivity index (χ1v) is 6.50. The zero-order valence-electron chi connectivity index (χ0n) is 12.1. The highest BCUT2D eigenvalue weighted by atomic mass is 16.5. The number of rotatable bonds is 3. The Labute approximate surface area is 122 Å². The fraction of sp³-hybridized carbons (Fsp3) is 0.400. The van der Waals surface area contributed by atoms with E-state index in [1.807, 2.05) is 30.3 Å². The summed E-state index contributed by atoms with van der Waals surface area (Å²) in [5, 5.41) is 0. The van der Waals surface area contributed by atoms with E-state index in [-0.39, 0.29) is 0 Å². The molecule has 1 amide bonds. The molecule has 1 heterocycles. The Balaban J connectivity index is 2.49. The molecule has 1 fully saturated rings. The van der Waals surface area contributed by atoms with Crippen molar-refractivity contribution in [2.75, 3.05) is 21.3 Å². The summed E-state index contributed by atoms with van der Waals surface area (Å²) in [5.41, 5.74) is 0.773. The summed E-state index contributed by atoms with van der Waals surface area (Å²) in [4.78, 5) is 37.7. The topological polar surface area (TPSA) is 72.9 Å². The van der Waals surface area contributed by atoms with Gasteiger partial charge in [0.05, 0.1) is 20.3 Å².